The van der Waals surface area contributed by atoms with E-state index < -0.39 is 0 Å². The van der Waals surface area contributed by atoms with E-state index >= 15 is 0 Å². The van der Waals surface area contributed by atoms with Crippen molar-refractivity contribution >= 4 is 11.7 Å². The Bertz CT molecular complexity index is 449. The van der Waals surface area contributed by atoms with Crippen molar-refractivity contribution in [2.24, 2.45) is 5.41 Å². The van der Waals surface area contributed by atoms with Gasteiger partial charge in [0, 0.05) is 31.9 Å². The Kier molecular flexibility index (Phi) is 6.20. The van der Waals surface area contributed by atoms with Gasteiger partial charge in [-0.1, -0.05) is 20.8 Å². The highest BCUT2D eigenvalue weighted by Gasteiger charge is 2.21. The predicted molar refractivity (Wildman–Crippen MR) is 84.4 cm³/mol. The Morgan fingerprint density at radius 1 is 1.48 bits per heavy atom. The van der Waals surface area contributed by atoms with Gasteiger partial charge in [-0.15, -0.1) is 0 Å². The summed E-state index contributed by atoms with van der Waals surface area (Å²) in [5.41, 5.74) is 0.700. The number of aromatic nitrogens is 2. The molecule has 1 aromatic heterocycles. The van der Waals surface area contributed by atoms with Gasteiger partial charge in [-0.05, 0) is 25.7 Å². The third-order valence-corrected chi connectivity index (χ3v) is 2.92. The number of carbonyl (C=O) groups excluding carboxylic acids is 1. The van der Waals surface area contributed by atoms with Crippen molar-refractivity contribution in [3.63, 3.8) is 0 Å². The minimum atomic E-state index is -0.151. The molecule has 0 radical (unpaired) electrons. The van der Waals surface area contributed by atoms with Gasteiger partial charge in [0.05, 0.1) is 11.9 Å². The Morgan fingerprint density at radius 3 is 2.62 bits per heavy atom. The van der Waals surface area contributed by atoms with Crippen molar-refractivity contribution in [2.75, 3.05) is 25.0 Å². The SMILES string of the molecule is CC(C)n1cc(NC(=O)N(CCCO)CC(C)(C)C)cn1. The molecule has 6 heteroatoms. The molecule has 0 saturated carbocycles. The number of aliphatic hydroxyl groups excluding tert-OH is 1. The molecule has 0 atom stereocenters. The molecule has 0 aliphatic rings. The molecule has 0 aliphatic heterocycles. The number of urea groups is 1. The van der Waals surface area contributed by atoms with Gasteiger partial charge in [0.1, 0.15) is 0 Å². The lowest BCUT2D eigenvalue weighted by atomic mass is 9.96. The van der Waals surface area contributed by atoms with E-state index in [0.717, 1.165) is 0 Å². The van der Waals surface area contributed by atoms with E-state index in [1.165, 1.54) is 0 Å². The molecular formula is C15H28N4O2. The smallest absolute Gasteiger partial charge is 0.321 e. The number of aliphatic hydroxyl groups is 1. The molecule has 1 heterocycles. The monoisotopic (exact) mass is 296 g/mol. The van der Waals surface area contributed by atoms with Crippen LogP contribution in [0, 0.1) is 5.41 Å². The van der Waals surface area contributed by atoms with Crippen LogP contribution in [0.15, 0.2) is 12.4 Å². The van der Waals surface area contributed by atoms with Crippen LogP contribution in [-0.4, -0.2) is 45.5 Å². The lowest BCUT2D eigenvalue weighted by Crippen LogP contribution is -2.41. The molecule has 0 fully saturated rings. The highest BCUT2D eigenvalue weighted by atomic mass is 16.3. The van der Waals surface area contributed by atoms with E-state index in [2.05, 4.69) is 31.2 Å². The third kappa shape index (κ3) is 6.16. The van der Waals surface area contributed by atoms with Gasteiger partial charge in [-0.25, -0.2) is 4.79 Å². The maximum Gasteiger partial charge on any atom is 0.321 e. The van der Waals surface area contributed by atoms with Crippen LogP contribution in [0.1, 0.15) is 47.1 Å². The van der Waals surface area contributed by atoms with Gasteiger partial charge in [0.15, 0.2) is 0 Å². The molecule has 0 saturated heterocycles. The molecule has 0 bridgehead atoms. The summed E-state index contributed by atoms with van der Waals surface area (Å²) < 4.78 is 1.80. The van der Waals surface area contributed by atoms with Crippen molar-refractivity contribution in [1.29, 1.82) is 0 Å². The summed E-state index contributed by atoms with van der Waals surface area (Å²) in [6, 6.07) is 0.109. The third-order valence-electron chi connectivity index (χ3n) is 2.92. The topological polar surface area (TPSA) is 70.4 Å². The standard InChI is InChI=1S/C15H28N4O2/c1-12(2)19-10-13(9-16-19)17-14(21)18(7-6-8-20)11-15(3,4)5/h9-10,12,20H,6-8,11H2,1-5H3,(H,17,21). The largest absolute Gasteiger partial charge is 0.396 e. The quantitative estimate of drug-likeness (QED) is 0.848. The van der Waals surface area contributed by atoms with Crippen LogP contribution in [0.3, 0.4) is 0 Å². The fourth-order valence-corrected chi connectivity index (χ4v) is 1.97. The number of anilines is 1. The fraction of sp³-hybridized carbons (Fsp3) is 0.733. The zero-order valence-corrected chi connectivity index (χ0v) is 13.8. The summed E-state index contributed by atoms with van der Waals surface area (Å²) in [6.45, 7) is 11.6. The van der Waals surface area contributed by atoms with E-state index in [1.54, 1.807) is 15.8 Å². The summed E-state index contributed by atoms with van der Waals surface area (Å²) in [7, 11) is 0. The Hall–Kier alpha value is -1.56. The minimum Gasteiger partial charge on any atom is -0.396 e. The molecule has 2 amide bonds. The molecule has 1 rings (SSSR count). The molecule has 2 N–H and O–H groups in total. The Balaban J connectivity index is 2.70. The van der Waals surface area contributed by atoms with Crippen LogP contribution in [0.25, 0.3) is 0 Å². The summed E-state index contributed by atoms with van der Waals surface area (Å²) in [6.07, 6.45) is 4.05. The molecule has 1 aromatic rings. The van der Waals surface area contributed by atoms with E-state index in [-0.39, 0.29) is 24.1 Å². The highest BCUT2D eigenvalue weighted by molar-refractivity contribution is 5.89. The lowest BCUT2D eigenvalue weighted by molar-refractivity contribution is 0.176. The number of hydrogen-bond donors (Lipinski definition) is 2. The first kappa shape index (κ1) is 17.5. The van der Waals surface area contributed by atoms with Crippen molar-refractivity contribution in [1.82, 2.24) is 14.7 Å². The zero-order valence-electron chi connectivity index (χ0n) is 13.8. The minimum absolute atomic E-state index is 0.00884. The van der Waals surface area contributed by atoms with Gasteiger partial charge >= 0.3 is 6.03 Å². The molecule has 21 heavy (non-hydrogen) atoms. The van der Waals surface area contributed by atoms with Crippen molar-refractivity contribution in [3.05, 3.63) is 12.4 Å². The average Bonchev–Trinajstić information content (AvgIpc) is 2.81. The van der Waals surface area contributed by atoms with Crippen LogP contribution < -0.4 is 5.32 Å². The van der Waals surface area contributed by atoms with Crippen molar-refractivity contribution in [2.45, 2.75) is 47.1 Å². The van der Waals surface area contributed by atoms with E-state index in [0.29, 0.717) is 25.2 Å². The average molecular weight is 296 g/mol. The number of amides is 2. The normalized spacial score (nSPS) is 11.8. The summed E-state index contributed by atoms with van der Waals surface area (Å²) in [5.74, 6) is 0. The maximum atomic E-state index is 12.4. The molecule has 120 valence electrons. The molecule has 0 spiro atoms. The number of nitrogens with zero attached hydrogens (tertiary/aromatic N) is 3. The van der Waals surface area contributed by atoms with E-state index in [4.69, 9.17) is 5.11 Å². The highest BCUT2D eigenvalue weighted by Crippen LogP contribution is 2.17. The molecule has 6 nitrogen and oxygen atoms in total. The Labute approximate surface area is 127 Å². The molecule has 0 unspecified atom stereocenters. The second kappa shape index (κ2) is 7.45. The molecule has 0 aromatic carbocycles. The van der Waals surface area contributed by atoms with Gasteiger partial charge < -0.3 is 15.3 Å². The second-order valence-electron chi connectivity index (χ2n) is 6.79. The van der Waals surface area contributed by atoms with Gasteiger partial charge in [0.25, 0.3) is 0 Å². The zero-order chi connectivity index (χ0) is 16.0. The van der Waals surface area contributed by atoms with E-state index in [9.17, 15) is 4.79 Å². The van der Waals surface area contributed by atoms with Crippen LogP contribution in [-0.2, 0) is 0 Å². The van der Waals surface area contributed by atoms with Crippen molar-refractivity contribution in [3.8, 4) is 0 Å². The summed E-state index contributed by atoms with van der Waals surface area (Å²) >= 11 is 0. The van der Waals surface area contributed by atoms with Crippen LogP contribution in [0.4, 0.5) is 10.5 Å². The van der Waals surface area contributed by atoms with E-state index in [1.807, 2.05) is 20.0 Å². The summed E-state index contributed by atoms with van der Waals surface area (Å²) in [5, 5.41) is 16.1. The molecule has 0 aliphatic carbocycles. The first-order valence-electron chi connectivity index (χ1n) is 7.44. The van der Waals surface area contributed by atoms with Gasteiger partial charge in [-0.2, -0.15) is 5.10 Å². The second-order valence-corrected chi connectivity index (χ2v) is 6.79. The van der Waals surface area contributed by atoms with Crippen molar-refractivity contribution < 1.29 is 9.90 Å². The van der Waals surface area contributed by atoms with Crippen LogP contribution in [0.5, 0.6) is 0 Å². The number of carbonyl (C=O) groups is 1. The summed E-state index contributed by atoms with van der Waals surface area (Å²) in [4.78, 5) is 14.1. The molecular weight excluding hydrogens is 268 g/mol. The maximum absolute atomic E-state index is 12.4. The first-order valence-corrected chi connectivity index (χ1v) is 7.44. The van der Waals surface area contributed by atoms with Gasteiger partial charge in [0.2, 0.25) is 0 Å². The fourth-order valence-electron chi connectivity index (χ4n) is 1.97. The number of rotatable bonds is 6. The Morgan fingerprint density at radius 2 is 2.14 bits per heavy atom. The number of nitrogens with one attached hydrogen (secondary N) is 1. The first-order chi connectivity index (χ1) is 9.73. The van der Waals surface area contributed by atoms with Crippen LogP contribution >= 0.6 is 0 Å². The van der Waals surface area contributed by atoms with Crippen LogP contribution in [0.2, 0.25) is 0 Å². The number of hydrogen-bond acceptors (Lipinski definition) is 3. The lowest BCUT2D eigenvalue weighted by Gasteiger charge is -2.29. The predicted octanol–water partition coefficient (Wildman–Crippen LogP) is 2.73. The van der Waals surface area contributed by atoms with Gasteiger partial charge in [-0.3, -0.25) is 4.68 Å².